The van der Waals surface area contributed by atoms with E-state index in [1.54, 1.807) is 19.0 Å². The molecule has 1 fully saturated rings. The lowest BCUT2D eigenvalue weighted by Crippen LogP contribution is -2.30. The molecule has 1 N–H and O–H groups in total. The maximum Gasteiger partial charge on any atom is 0.235 e. The quantitative estimate of drug-likeness (QED) is 0.859. The van der Waals surface area contributed by atoms with Crippen molar-refractivity contribution in [3.8, 4) is 0 Å². The number of hydrogen-bond donors (Lipinski definition) is 1. The first-order valence-electron chi connectivity index (χ1n) is 5.79. The number of hydrogen-bond acceptors (Lipinski definition) is 2. The molecule has 4 nitrogen and oxygen atoms in total. The zero-order valence-electron chi connectivity index (χ0n) is 10.2. The maximum absolute atomic E-state index is 12.2. The Morgan fingerprint density at radius 3 is 2.89 bits per heavy atom. The Morgan fingerprint density at radius 2 is 2.22 bits per heavy atom. The predicted molar refractivity (Wildman–Crippen MR) is 71.3 cm³/mol. The number of fused-ring (bicyclic) bond motifs is 2. The molecule has 5 heteroatoms. The molecule has 1 aliphatic carbocycles. The molecule has 94 valence electrons. The molecule has 0 radical (unpaired) electrons. The number of nitrogens with one attached hydrogen (secondary N) is 1. The van der Waals surface area contributed by atoms with Gasteiger partial charge in [-0.25, -0.2) is 0 Å². The van der Waals surface area contributed by atoms with E-state index < -0.39 is 5.41 Å². The number of amides is 2. The van der Waals surface area contributed by atoms with Crippen molar-refractivity contribution in [3.05, 3.63) is 28.2 Å². The van der Waals surface area contributed by atoms with Crippen molar-refractivity contribution in [1.82, 2.24) is 4.90 Å². The average molecular weight is 309 g/mol. The van der Waals surface area contributed by atoms with Gasteiger partial charge in [0.2, 0.25) is 11.8 Å². The topological polar surface area (TPSA) is 49.4 Å². The Morgan fingerprint density at radius 1 is 1.50 bits per heavy atom. The summed E-state index contributed by atoms with van der Waals surface area (Å²) in [5.41, 5.74) is 1.15. The molecule has 1 saturated carbocycles. The second-order valence-corrected chi connectivity index (χ2v) is 6.02. The normalized spacial score (nSPS) is 27.9. The summed E-state index contributed by atoms with van der Waals surface area (Å²) in [6.07, 6.45) is 0.610. The highest BCUT2D eigenvalue weighted by Gasteiger charge is 2.68. The van der Waals surface area contributed by atoms with Crippen LogP contribution in [0.15, 0.2) is 22.7 Å². The summed E-state index contributed by atoms with van der Waals surface area (Å²) in [7, 11) is 3.45. The lowest BCUT2D eigenvalue weighted by molar-refractivity contribution is -0.132. The first-order valence-corrected chi connectivity index (χ1v) is 6.59. The molecule has 1 aliphatic heterocycles. The van der Waals surface area contributed by atoms with Crippen LogP contribution in [0.3, 0.4) is 0 Å². The Kier molecular flexibility index (Phi) is 2.32. The maximum atomic E-state index is 12.2. The zero-order valence-corrected chi connectivity index (χ0v) is 11.7. The molecule has 1 spiro atoms. The number of benzene rings is 1. The van der Waals surface area contributed by atoms with Gasteiger partial charge in [0.15, 0.2) is 0 Å². The van der Waals surface area contributed by atoms with Crippen LogP contribution < -0.4 is 5.32 Å². The fourth-order valence-corrected chi connectivity index (χ4v) is 3.13. The Balaban J connectivity index is 2.04. The van der Waals surface area contributed by atoms with Gasteiger partial charge in [0.05, 0.1) is 11.3 Å². The van der Waals surface area contributed by atoms with Gasteiger partial charge in [-0.15, -0.1) is 0 Å². The van der Waals surface area contributed by atoms with Gasteiger partial charge in [-0.2, -0.15) is 0 Å². The van der Waals surface area contributed by atoms with Crippen molar-refractivity contribution in [2.45, 2.75) is 11.8 Å². The average Bonchev–Trinajstić information content (AvgIpc) is 3.00. The molecule has 0 bridgehead atoms. The molecular weight excluding hydrogens is 296 g/mol. The highest BCUT2D eigenvalue weighted by atomic mass is 79.9. The van der Waals surface area contributed by atoms with E-state index in [0.717, 1.165) is 15.7 Å². The minimum Gasteiger partial charge on any atom is -0.349 e. The summed E-state index contributed by atoms with van der Waals surface area (Å²) >= 11 is 3.42. The molecular formula is C13H13BrN2O2. The Labute approximate surface area is 113 Å². The molecule has 1 heterocycles. The van der Waals surface area contributed by atoms with Gasteiger partial charge in [-0.05, 0) is 30.2 Å². The zero-order chi connectivity index (χ0) is 13.1. The van der Waals surface area contributed by atoms with Crippen LogP contribution in [0.2, 0.25) is 0 Å². The van der Waals surface area contributed by atoms with Crippen molar-refractivity contribution in [1.29, 1.82) is 0 Å². The van der Waals surface area contributed by atoms with Crippen LogP contribution in [-0.2, 0) is 15.0 Å². The fraction of sp³-hybridized carbons (Fsp3) is 0.385. The minimum absolute atomic E-state index is 0.0259. The lowest BCUT2D eigenvalue weighted by Gasteiger charge is -2.13. The molecule has 2 atom stereocenters. The van der Waals surface area contributed by atoms with Crippen LogP contribution in [0.5, 0.6) is 0 Å². The standard InChI is InChI=1S/C13H13BrN2O2/c1-16(2)11(17)9-6-13(9)8-5-7(14)3-4-10(8)15-12(13)18/h3-5,9H,6H2,1-2H3,(H,15,18). The third kappa shape index (κ3) is 1.37. The van der Waals surface area contributed by atoms with Crippen molar-refractivity contribution < 1.29 is 9.59 Å². The van der Waals surface area contributed by atoms with Crippen molar-refractivity contribution >= 4 is 33.4 Å². The van der Waals surface area contributed by atoms with Crippen LogP contribution in [0.25, 0.3) is 0 Å². The van der Waals surface area contributed by atoms with Crippen LogP contribution in [0.1, 0.15) is 12.0 Å². The van der Waals surface area contributed by atoms with E-state index in [4.69, 9.17) is 0 Å². The fourth-order valence-electron chi connectivity index (χ4n) is 2.77. The molecule has 2 unspecified atom stereocenters. The molecule has 1 aromatic carbocycles. The van der Waals surface area contributed by atoms with E-state index in [9.17, 15) is 9.59 Å². The number of nitrogens with zero attached hydrogens (tertiary/aromatic N) is 1. The minimum atomic E-state index is -0.625. The molecule has 3 rings (SSSR count). The van der Waals surface area contributed by atoms with Gasteiger partial charge in [0.25, 0.3) is 0 Å². The van der Waals surface area contributed by atoms with Crippen molar-refractivity contribution in [3.63, 3.8) is 0 Å². The SMILES string of the molecule is CN(C)C(=O)C1CC12C(=O)Nc1ccc(Br)cc12. The highest BCUT2D eigenvalue weighted by molar-refractivity contribution is 9.10. The van der Waals surface area contributed by atoms with Crippen molar-refractivity contribution in [2.75, 3.05) is 19.4 Å². The van der Waals surface area contributed by atoms with Gasteiger partial charge in [0.1, 0.15) is 0 Å². The first kappa shape index (κ1) is 11.7. The summed E-state index contributed by atoms with van der Waals surface area (Å²) in [5, 5.41) is 2.87. The second kappa shape index (κ2) is 3.57. The number of halogens is 1. The van der Waals surface area contributed by atoms with Crippen LogP contribution in [0, 0.1) is 5.92 Å². The Bertz CT molecular complexity index is 570. The molecule has 2 amide bonds. The van der Waals surface area contributed by atoms with E-state index in [2.05, 4.69) is 21.2 Å². The van der Waals surface area contributed by atoms with Gasteiger partial charge in [-0.3, -0.25) is 9.59 Å². The molecule has 18 heavy (non-hydrogen) atoms. The van der Waals surface area contributed by atoms with Crippen LogP contribution >= 0.6 is 15.9 Å². The smallest absolute Gasteiger partial charge is 0.235 e. The van der Waals surface area contributed by atoms with Gasteiger partial charge >= 0.3 is 0 Å². The third-order valence-electron chi connectivity index (χ3n) is 3.82. The summed E-state index contributed by atoms with van der Waals surface area (Å²) < 4.78 is 0.931. The Hall–Kier alpha value is -1.36. The largest absolute Gasteiger partial charge is 0.349 e. The summed E-state index contributed by atoms with van der Waals surface area (Å²) in [5.74, 6) is -0.239. The summed E-state index contributed by atoms with van der Waals surface area (Å²) in [4.78, 5) is 25.8. The molecule has 0 saturated heterocycles. The monoisotopic (exact) mass is 308 g/mol. The lowest BCUT2D eigenvalue weighted by atomic mass is 9.94. The van der Waals surface area contributed by atoms with Crippen molar-refractivity contribution in [2.24, 2.45) is 5.92 Å². The van der Waals surface area contributed by atoms with Gasteiger partial charge < -0.3 is 10.2 Å². The van der Waals surface area contributed by atoms with Gasteiger partial charge in [-0.1, -0.05) is 15.9 Å². The molecule has 1 aromatic rings. The summed E-state index contributed by atoms with van der Waals surface area (Å²) in [6, 6.07) is 5.71. The van der Waals surface area contributed by atoms with E-state index in [-0.39, 0.29) is 17.7 Å². The van der Waals surface area contributed by atoms with E-state index in [1.807, 2.05) is 18.2 Å². The molecule has 2 aliphatic rings. The summed E-state index contributed by atoms with van der Waals surface area (Å²) in [6.45, 7) is 0. The molecule has 0 aromatic heterocycles. The van der Waals surface area contributed by atoms with E-state index in [0.29, 0.717) is 6.42 Å². The highest BCUT2D eigenvalue weighted by Crippen LogP contribution is 2.60. The van der Waals surface area contributed by atoms with Crippen LogP contribution in [0.4, 0.5) is 5.69 Å². The number of carbonyl (C=O) groups is 2. The van der Waals surface area contributed by atoms with E-state index in [1.165, 1.54) is 0 Å². The number of carbonyl (C=O) groups excluding carboxylic acids is 2. The first-order chi connectivity index (χ1) is 8.46. The number of anilines is 1. The second-order valence-electron chi connectivity index (χ2n) is 5.10. The predicted octanol–water partition coefficient (Wildman–Crippen LogP) is 1.75. The van der Waals surface area contributed by atoms with Crippen LogP contribution in [-0.4, -0.2) is 30.8 Å². The van der Waals surface area contributed by atoms with Gasteiger partial charge in [0, 0.05) is 24.3 Å². The number of rotatable bonds is 1. The third-order valence-corrected chi connectivity index (χ3v) is 4.31. The van der Waals surface area contributed by atoms with E-state index >= 15 is 0 Å².